The summed E-state index contributed by atoms with van der Waals surface area (Å²) in [6, 6.07) is 0. The molecule has 2 bridgehead atoms. The molecule has 4 heteroatoms. The molecule has 2 saturated carbocycles. The van der Waals surface area contributed by atoms with Crippen LogP contribution in [0.4, 0.5) is 0 Å². The summed E-state index contributed by atoms with van der Waals surface area (Å²) in [6.07, 6.45) is 10.1. The molecule has 0 aliphatic heterocycles. The number of carbonyl (C=O) groups is 2. The van der Waals surface area contributed by atoms with Gasteiger partial charge in [0.15, 0.2) is 0 Å². The van der Waals surface area contributed by atoms with Crippen molar-refractivity contribution in [3.05, 3.63) is 12.2 Å². The second kappa shape index (κ2) is 4.66. The van der Waals surface area contributed by atoms with E-state index < -0.39 is 11.5 Å². The fourth-order valence-electron chi connectivity index (χ4n) is 4.12. The van der Waals surface area contributed by atoms with Crippen molar-refractivity contribution in [3.63, 3.8) is 0 Å². The summed E-state index contributed by atoms with van der Waals surface area (Å²) < 4.78 is 0. The first-order valence-corrected chi connectivity index (χ1v) is 7.30. The molecule has 3 unspecified atom stereocenters. The summed E-state index contributed by atoms with van der Waals surface area (Å²) >= 11 is 0. The zero-order valence-corrected chi connectivity index (χ0v) is 11.1. The Labute approximate surface area is 113 Å². The molecule has 3 aliphatic rings. The Morgan fingerprint density at radius 2 is 1.95 bits per heavy atom. The third-order valence-corrected chi connectivity index (χ3v) is 5.05. The van der Waals surface area contributed by atoms with Crippen LogP contribution in [0.2, 0.25) is 0 Å². The number of amides is 1. The zero-order valence-electron chi connectivity index (χ0n) is 11.1. The van der Waals surface area contributed by atoms with E-state index in [-0.39, 0.29) is 18.2 Å². The molecule has 0 aromatic carbocycles. The number of carboxylic acid groups (broad SMARTS) is 1. The standard InChI is InChI=1S/C15H21NO3/c17-13(18)9-15(5-1-2-6-15)16-14(19)12-8-10-3-4-11(12)7-10/h3-4,10-12H,1-2,5-9H2,(H,16,19)(H,17,18). The first kappa shape index (κ1) is 12.7. The lowest BCUT2D eigenvalue weighted by Gasteiger charge is -2.31. The molecule has 0 heterocycles. The Kier molecular flexibility index (Phi) is 3.11. The lowest BCUT2D eigenvalue weighted by atomic mass is 9.88. The molecule has 0 spiro atoms. The third-order valence-electron chi connectivity index (χ3n) is 5.05. The van der Waals surface area contributed by atoms with Gasteiger partial charge in [0, 0.05) is 5.92 Å². The number of aliphatic carboxylic acids is 1. The van der Waals surface area contributed by atoms with Crippen molar-refractivity contribution in [3.8, 4) is 0 Å². The molecular formula is C15H21NO3. The minimum atomic E-state index is -0.810. The zero-order chi connectivity index (χ0) is 13.5. The van der Waals surface area contributed by atoms with Crippen molar-refractivity contribution in [1.29, 1.82) is 0 Å². The van der Waals surface area contributed by atoms with Crippen LogP contribution in [0, 0.1) is 17.8 Å². The van der Waals surface area contributed by atoms with Gasteiger partial charge in [-0.15, -0.1) is 0 Å². The minimum absolute atomic E-state index is 0.0649. The first-order valence-electron chi connectivity index (χ1n) is 7.30. The predicted molar refractivity (Wildman–Crippen MR) is 70.4 cm³/mol. The van der Waals surface area contributed by atoms with Gasteiger partial charge in [0.1, 0.15) is 0 Å². The molecule has 3 aliphatic carbocycles. The molecule has 19 heavy (non-hydrogen) atoms. The lowest BCUT2D eigenvalue weighted by Crippen LogP contribution is -2.50. The molecule has 2 N–H and O–H groups in total. The van der Waals surface area contributed by atoms with Crippen LogP contribution in [-0.2, 0) is 9.59 Å². The van der Waals surface area contributed by atoms with Crippen molar-refractivity contribution in [2.45, 2.75) is 50.5 Å². The number of nitrogens with one attached hydrogen (secondary N) is 1. The van der Waals surface area contributed by atoms with Crippen LogP contribution < -0.4 is 5.32 Å². The lowest BCUT2D eigenvalue weighted by molar-refractivity contribution is -0.139. The van der Waals surface area contributed by atoms with E-state index in [9.17, 15) is 9.59 Å². The number of allylic oxidation sites excluding steroid dienone is 2. The van der Waals surface area contributed by atoms with E-state index in [2.05, 4.69) is 17.5 Å². The van der Waals surface area contributed by atoms with Gasteiger partial charge < -0.3 is 10.4 Å². The number of carbonyl (C=O) groups excluding carboxylic acids is 1. The van der Waals surface area contributed by atoms with Crippen LogP contribution in [-0.4, -0.2) is 22.5 Å². The summed E-state index contributed by atoms with van der Waals surface area (Å²) in [5, 5.41) is 12.2. The quantitative estimate of drug-likeness (QED) is 0.763. The molecule has 0 radical (unpaired) electrons. The molecule has 2 fully saturated rings. The smallest absolute Gasteiger partial charge is 0.305 e. The van der Waals surface area contributed by atoms with Crippen molar-refractivity contribution >= 4 is 11.9 Å². The highest BCUT2D eigenvalue weighted by atomic mass is 16.4. The number of rotatable bonds is 4. The monoisotopic (exact) mass is 263 g/mol. The molecule has 3 rings (SSSR count). The molecule has 0 saturated heterocycles. The molecule has 1 amide bonds. The van der Waals surface area contributed by atoms with Crippen LogP contribution in [0.1, 0.15) is 44.9 Å². The van der Waals surface area contributed by atoms with Gasteiger partial charge in [-0.1, -0.05) is 25.0 Å². The average molecular weight is 263 g/mol. The van der Waals surface area contributed by atoms with Crippen molar-refractivity contribution < 1.29 is 14.7 Å². The van der Waals surface area contributed by atoms with Gasteiger partial charge in [0.2, 0.25) is 5.91 Å². The fourth-order valence-corrected chi connectivity index (χ4v) is 4.12. The van der Waals surface area contributed by atoms with E-state index in [0.29, 0.717) is 11.8 Å². The van der Waals surface area contributed by atoms with E-state index >= 15 is 0 Å². The Balaban J connectivity index is 1.67. The Hall–Kier alpha value is -1.32. The molecule has 0 aromatic heterocycles. The van der Waals surface area contributed by atoms with Gasteiger partial charge in [0.25, 0.3) is 0 Å². The molecule has 4 nitrogen and oxygen atoms in total. The van der Waals surface area contributed by atoms with Gasteiger partial charge in [-0.3, -0.25) is 9.59 Å². The minimum Gasteiger partial charge on any atom is -0.481 e. The van der Waals surface area contributed by atoms with Crippen molar-refractivity contribution in [1.82, 2.24) is 5.32 Å². The maximum absolute atomic E-state index is 12.4. The Morgan fingerprint density at radius 3 is 2.47 bits per heavy atom. The predicted octanol–water partition coefficient (Wildman–Crippen LogP) is 2.10. The summed E-state index contributed by atoms with van der Waals surface area (Å²) in [7, 11) is 0. The highest BCUT2D eigenvalue weighted by Gasteiger charge is 2.44. The highest BCUT2D eigenvalue weighted by Crippen LogP contribution is 2.44. The van der Waals surface area contributed by atoms with Crippen LogP contribution in [0.25, 0.3) is 0 Å². The van der Waals surface area contributed by atoms with Crippen LogP contribution in [0.3, 0.4) is 0 Å². The van der Waals surface area contributed by atoms with Crippen LogP contribution in [0.5, 0.6) is 0 Å². The van der Waals surface area contributed by atoms with Crippen LogP contribution >= 0.6 is 0 Å². The Morgan fingerprint density at radius 1 is 1.21 bits per heavy atom. The van der Waals surface area contributed by atoms with E-state index in [4.69, 9.17) is 5.11 Å². The molecule has 3 atom stereocenters. The van der Waals surface area contributed by atoms with Crippen molar-refractivity contribution in [2.24, 2.45) is 17.8 Å². The second-order valence-electron chi connectivity index (χ2n) is 6.43. The summed E-state index contributed by atoms with van der Waals surface area (Å²) in [6.45, 7) is 0. The van der Waals surface area contributed by atoms with Gasteiger partial charge in [-0.05, 0) is 37.5 Å². The molecule has 0 aromatic rings. The van der Waals surface area contributed by atoms with E-state index in [1.807, 2.05) is 0 Å². The Bertz CT molecular complexity index is 423. The number of carboxylic acids is 1. The summed E-state index contributed by atoms with van der Waals surface area (Å²) in [5.74, 6) is 0.296. The topological polar surface area (TPSA) is 66.4 Å². The third kappa shape index (κ3) is 2.40. The highest BCUT2D eigenvalue weighted by molar-refractivity contribution is 5.81. The first-order chi connectivity index (χ1) is 9.08. The summed E-state index contributed by atoms with van der Waals surface area (Å²) in [5.41, 5.74) is -0.478. The maximum atomic E-state index is 12.4. The second-order valence-corrected chi connectivity index (χ2v) is 6.43. The number of fused-ring (bicyclic) bond motifs is 2. The largest absolute Gasteiger partial charge is 0.481 e. The normalized spacial score (nSPS) is 34.6. The maximum Gasteiger partial charge on any atom is 0.305 e. The molecule has 104 valence electrons. The average Bonchev–Trinajstić information content (AvgIpc) is 3.03. The van der Waals surface area contributed by atoms with Crippen LogP contribution in [0.15, 0.2) is 12.2 Å². The van der Waals surface area contributed by atoms with E-state index in [1.54, 1.807) is 0 Å². The van der Waals surface area contributed by atoms with E-state index in [1.165, 1.54) is 0 Å². The number of hydrogen-bond donors (Lipinski definition) is 2. The van der Waals surface area contributed by atoms with E-state index in [0.717, 1.165) is 38.5 Å². The summed E-state index contributed by atoms with van der Waals surface area (Å²) in [4.78, 5) is 23.5. The van der Waals surface area contributed by atoms with Gasteiger partial charge in [-0.2, -0.15) is 0 Å². The van der Waals surface area contributed by atoms with Gasteiger partial charge in [0.05, 0.1) is 12.0 Å². The SMILES string of the molecule is O=C(O)CC1(NC(=O)C2CC3C=CC2C3)CCCC1. The number of hydrogen-bond acceptors (Lipinski definition) is 2. The van der Waals surface area contributed by atoms with Crippen molar-refractivity contribution in [2.75, 3.05) is 0 Å². The molecular weight excluding hydrogens is 242 g/mol. The fraction of sp³-hybridized carbons (Fsp3) is 0.733. The van der Waals surface area contributed by atoms with Gasteiger partial charge in [-0.25, -0.2) is 0 Å². The van der Waals surface area contributed by atoms with Gasteiger partial charge >= 0.3 is 5.97 Å².